The molecule has 2 nitrogen and oxygen atoms in total. The van der Waals surface area contributed by atoms with E-state index in [1.165, 1.54) is 17.8 Å². The van der Waals surface area contributed by atoms with E-state index in [1.807, 2.05) is 0 Å². The first-order chi connectivity index (χ1) is 3.80. The molecule has 44 valence electrons. The number of rotatable bonds is 0. The highest BCUT2D eigenvalue weighted by molar-refractivity contribution is 8.02. The van der Waals surface area contributed by atoms with Gasteiger partial charge in [0.1, 0.15) is 5.76 Å². The molecule has 0 amide bonds. The van der Waals surface area contributed by atoms with Gasteiger partial charge in [0.2, 0.25) is 0 Å². The van der Waals surface area contributed by atoms with Gasteiger partial charge in [0.05, 0.1) is 5.75 Å². The van der Waals surface area contributed by atoms with Crippen LogP contribution in [-0.2, 0) is 0 Å². The van der Waals surface area contributed by atoms with Crippen LogP contribution in [0.5, 0.6) is 0 Å². The van der Waals surface area contributed by atoms with E-state index in [-0.39, 0.29) is 11.5 Å². The smallest absolute Gasteiger partial charge is 0.154 e. The van der Waals surface area contributed by atoms with Crippen LogP contribution in [-0.4, -0.2) is 16.0 Å². The summed E-state index contributed by atoms with van der Waals surface area (Å²) in [4.78, 5) is 0. The highest BCUT2D eigenvalue weighted by atomic mass is 32.2. The lowest BCUT2D eigenvalue weighted by molar-refractivity contribution is 0.341. The summed E-state index contributed by atoms with van der Waals surface area (Å²) in [6.45, 7) is 0. The number of hydrogen-bond acceptors (Lipinski definition) is 3. The summed E-state index contributed by atoms with van der Waals surface area (Å²) in [7, 11) is 0. The Morgan fingerprint density at radius 3 is 2.62 bits per heavy atom. The number of allylic oxidation sites excluding steroid dienone is 1. The quantitative estimate of drug-likeness (QED) is 0.523. The molecule has 0 aromatic carbocycles. The predicted molar refractivity (Wildman–Crippen MR) is 33.9 cm³/mol. The first-order valence-corrected chi connectivity index (χ1v) is 3.25. The standard InChI is InChI=1S/C5H6O2S/c6-4-1-2-8-3-5(4)7/h1-2,6-7H,3H2. The van der Waals surface area contributed by atoms with E-state index in [0.29, 0.717) is 5.75 Å². The third kappa shape index (κ3) is 0.980. The highest BCUT2D eigenvalue weighted by Crippen LogP contribution is 2.16. The van der Waals surface area contributed by atoms with Crippen molar-refractivity contribution >= 4 is 11.8 Å². The molecule has 0 fully saturated rings. The number of aliphatic hydroxyl groups excluding tert-OH is 2. The molecule has 0 atom stereocenters. The van der Waals surface area contributed by atoms with Crippen molar-refractivity contribution in [2.45, 2.75) is 0 Å². The summed E-state index contributed by atoms with van der Waals surface area (Å²) < 4.78 is 0. The van der Waals surface area contributed by atoms with Crippen LogP contribution >= 0.6 is 11.8 Å². The third-order valence-corrected chi connectivity index (χ3v) is 1.61. The zero-order chi connectivity index (χ0) is 5.98. The molecule has 0 unspecified atom stereocenters. The average Bonchev–Trinajstić information content (AvgIpc) is 1.77. The van der Waals surface area contributed by atoms with Crippen LogP contribution in [0.4, 0.5) is 0 Å². The molecule has 0 saturated heterocycles. The molecule has 1 rings (SSSR count). The van der Waals surface area contributed by atoms with E-state index in [2.05, 4.69) is 0 Å². The summed E-state index contributed by atoms with van der Waals surface area (Å²) in [5, 5.41) is 19.2. The lowest BCUT2D eigenvalue weighted by Gasteiger charge is -2.02. The van der Waals surface area contributed by atoms with Crippen LogP contribution in [0.2, 0.25) is 0 Å². The van der Waals surface area contributed by atoms with Crippen LogP contribution in [0, 0.1) is 0 Å². The highest BCUT2D eigenvalue weighted by Gasteiger charge is 2.02. The molecule has 0 aromatic heterocycles. The molecular weight excluding hydrogens is 124 g/mol. The van der Waals surface area contributed by atoms with Gasteiger partial charge in [0.15, 0.2) is 5.76 Å². The van der Waals surface area contributed by atoms with Crippen molar-refractivity contribution < 1.29 is 10.2 Å². The second kappa shape index (κ2) is 2.13. The normalized spacial score (nSPS) is 19.5. The average molecular weight is 130 g/mol. The van der Waals surface area contributed by atoms with Crippen molar-refractivity contribution in [3.05, 3.63) is 23.0 Å². The summed E-state index contributed by atoms with van der Waals surface area (Å²) in [6, 6.07) is 0. The fourth-order valence-electron chi connectivity index (χ4n) is 0.410. The number of aliphatic hydroxyl groups is 2. The van der Waals surface area contributed by atoms with Crippen molar-refractivity contribution in [2.75, 3.05) is 5.75 Å². The Balaban J connectivity index is 2.76. The van der Waals surface area contributed by atoms with Crippen molar-refractivity contribution in [2.24, 2.45) is 0 Å². The SMILES string of the molecule is OC1=C(O)CSC=C1. The molecule has 1 aliphatic rings. The van der Waals surface area contributed by atoms with Gasteiger partial charge in [0.25, 0.3) is 0 Å². The van der Waals surface area contributed by atoms with E-state index in [0.717, 1.165) is 0 Å². The molecule has 3 heteroatoms. The van der Waals surface area contributed by atoms with E-state index >= 15 is 0 Å². The maximum Gasteiger partial charge on any atom is 0.154 e. The molecule has 0 aromatic rings. The van der Waals surface area contributed by atoms with Crippen molar-refractivity contribution in [1.29, 1.82) is 0 Å². The maximum absolute atomic E-state index is 8.74. The third-order valence-electron chi connectivity index (χ3n) is 0.838. The minimum atomic E-state index is -0.0104. The Morgan fingerprint density at radius 1 is 1.50 bits per heavy atom. The lowest BCUT2D eigenvalue weighted by atomic mass is 10.4. The molecule has 2 N–H and O–H groups in total. The molecule has 0 spiro atoms. The van der Waals surface area contributed by atoms with Crippen molar-refractivity contribution in [3.8, 4) is 0 Å². The second-order valence-electron chi connectivity index (χ2n) is 1.45. The van der Waals surface area contributed by atoms with E-state index in [1.54, 1.807) is 5.41 Å². The molecule has 0 radical (unpaired) electrons. The first kappa shape index (κ1) is 5.56. The van der Waals surface area contributed by atoms with Gasteiger partial charge >= 0.3 is 0 Å². The number of hydrogen-bond donors (Lipinski definition) is 2. The zero-order valence-electron chi connectivity index (χ0n) is 4.16. The molecule has 8 heavy (non-hydrogen) atoms. The Bertz CT molecular complexity index is 149. The second-order valence-corrected chi connectivity index (χ2v) is 2.34. The molecule has 0 bridgehead atoms. The summed E-state index contributed by atoms with van der Waals surface area (Å²) >= 11 is 1.46. The molecule has 0 aliphatic carbocycles. The molecular formula is C5H6O2S. The zero-order valence-corrected chi connectivity index (χ0v) is 4.98. The van der Waals surface area contributed by atoms with E-state index in [4.69, 9.17) is 10.2 Å². The first-order valence-electron chi connectivity index (χ1n) is 2.20. The fourth-order valence-corrected chi connectivity index (χ4v) is 1.04. The minimum absolute atomic E-state index is 0.0104. The van der Waals surface area contributed by atoms with Gasteiger partial charge in [-0.1, -0.05) is 0 Å². The summed E-state index contributed by atoms with van der Waals surface area (Å²) in [5.41, 5.74) is 0. The van der Waals surface area contributed by atoms with Crippen molar-refractivity contribution in [1.82, 2.24) is 0 Å². The lowest BCUT2D eigenvalue weighted by Crippen LogP contribution is -1.93. The van der Waals surface area contributed by atoms with Gasteiger partial charge in [-0.25, -0.2) is 0 Å². The molecule has 1 heterocycles. The topological polar surface area (TPSA) is 40.5 Å². The van der Waals surface area contributed by atoms with Gasteiger partial charge in [0, 0.05) is 0 Å². The van der Waals surface area contributed by atoms with Crippen molar-refractivity contribution in [3.63, 3.8) is 0 Å². The Morgan fingerprint density at radius 2 is 2.25 bits per heavy atom. The maximum atomic E-state index is 8.74. The van der Waals surface area contributed by atoms with Crippen LogP contribution in [0.15, 0.2) is 23.0 Å². The van der Waals surface area contributed by atoms with Crippen LogP contribution in [0.25, 0.3) is 0 Å². The predicted octanol–water partition coefficient (Wildman–Crippen LogP) is 1.57. The van der Waals surface area contributed by atoms with Gasteiger partial charge in [-0.15, -0.1) is 11.8 Å². The van der Waals surface area contributed by atoms with Gasteiger partial charge in [-0.05, 0) is 11.5 Å². The monoisotopic (exact) mass is 130 g/mol. The fraction of sp³-hybridized carbons (Fsp3) is 0.200. The van der Waals surface area contributed by atoms with Gasteiger partial charge in [-0.2, -0.15) is 0 Å². The van der Waals surface area contributed by atoms with Crippen LogP contribution < -0.4 is 0 Å². The van der Waals surface area contributed by atoms with Gasteiger partial charge in [-0.3, -0.25) is 0 Å². The van der Waals surface area contributed by atoms with E-state index in [9.17, 15) is 0 Å². The largest absolute Gasteiger partial charge is 0.508 e. The Kier molecular flexibility index (Phi) is 1.48. The Hall–Kier alpha value is -0.570. The molecule has 0 saturated carbocycles. The van der Waals surface area contributed by atoms with Gasteiger partial charge < -0.3 is 10.2 Å². The van der Waals surface area contributed by atoms with Crippen LogP contribution in [0.3, 0.4) is 0 Å². The summed E-state index contributed by atoms with van der Waals surface area (Å²) in [6.07, 6.45) is 1.48. The molecule has 1 aliphatic heterocycles. The summed E-state index contributed by atoms with van der Waals surface area (Å²) in [5.74, 6) is 0.545. The van der Waals surface area contributed by atoms with E-state index < -0.39 is 0 Å². The number of thioether (sulfide) groups is 1. The minimum Gasteiger partial charge on any atom is -0.508 e. The Labute approximate surface area is 51.5 Å². The van der Waals surface area contributed by atoms with Crippen LogP contribution in [0.1, 0.15) is 0 Å².